The number of aliphatic hydroxyl groups is 1. The highest BCUT2D eigenvalue weighted by Gasteiger charge is 2.40. The van der Waals surface area contributed by atoms with Gasteiger partial charge in [0, 0.05) is 23.8 Å². The highest BCUT2D eigenvalue weighted by atomic mass is 16.7. The number of nitrogens with zero attached hydrogens (tertiary/aromatic N) is 1. The van der Waals surface area contributed by atoms with Crippen LogP contribution >= 0.6 is 0 Å². The Kier molecular flexibility index (Phi) is 2.21. The second-order valence-electron chi connectivity index (χ2n) is 5.46. The zero-order chi connectivity index (χ0) is 12.1. The van der Waals surface area contributed by atoms with Crippen LogP contribution in [-0.2, 0) is 0 Å². The van der Waals surface area contributed by atoms with E-state index in [-0.39, 0.29) is 6.10 Å². The predicted molar refractivity (Wildman–Crippen MR) is 67.1 cm³/mol. The molecule has 3 heterocycles. The molecule has 3 aliphatic heterocycles. The lowest BCUT2D eigenvalue weighted by Gasteiger charge is -2.39. The summed E-state index contributed by atoms with van der Waals surface area (Å²) in [5.41, 5.74) is 1.21. The van der Waals surface area contributed by atoms with E-state index in [2.05, 4.69) is 17.0 Å². The van der Waals surface area contributed by atoms with E-state index in [4.69, 9.17) is 9.47 Å². The van der Waals surface area contributed by atoms with Crippen LogP contribution in [0.3, 0.4) is 0 Å². The molecule has 2 bridgehead atoms. The van der Waals surface area contributed by atoms with E-state index in [0.29, 0.717) is 18.9 Å². The van der Waals surface area contributed by atoms with E-state index >= 15 is 0 Å². The van der Waals surface area contributed by atoms with E-state index in [0.717, 1.165) is 24.3 Å². The summed E-state index contributed by atoms with van der Waals surface area (Å²) in [4.78, 5) is 2.47. The van der Waals surface area contributed by atoms with Crippen LogP contribution in [-0.4, -0.2) is 30.1 Å². The standard InChI is InChI=1S/C14H17NO3/c16-12-5-9-1-2-10(6-12)15(9)11-3-4-13-14(7-11)18-8-17-13/h3-4,7,9-10,12,16H,1-2,5-6,8H2. The molecule has 4 rings (SSSR count). The third kappa shape index (κ3) is 1.48. The quantitative estimate of drug-likeness (QED) is 0.823. The maximum absolute atomic E-state index is 9.84. The summed E-state index contributed by atoms with van der Waals surface area (Å²) in [6.07, 6.45) is 4.05. The van der Waals surface area contributed by atoms with Crippen LogP contribution in [0.2, 0.25) is 0 Å². The summed E-state index contributed by atoms with van der Waals surface area (Å²) in [6, 6.07) is 7.14. The van der Waals surface area contributed by atoms with Crippen molar-refractivity contribution in [3.05, 3.63) is 18.2 Å². The van der Waals surface area contributed by atoms with Crippen molar-refractivity contribution in [2.45, 2.75) is 43.9 Å². The fraction of sp³-hybridized carbons (Fsp3) is 0.571. The predicted octanol–water partition coefficient (Wildman–Crippen LogP) is 1.91. The third-order valence-corrected chi connectivity index (χ3v) is 4.36. The average molecular weight is 247 g/mol. The number of hydrogen-bond donors (Lipinski definition) is 1. The first-order valence-electron chi connectivity index (χ1n) is 6.67. The van der Waals surface area contributed by atoms with E-state index in [1.807, 2.05) is 6.07 Å². The van der Waals surface area contributed by atoms with Crippen LogP contribution in [0.4, 0.5) is 5.69 Å². The van der Waals surface area contributed by atoms with E-state index in [9.17, 15) is 5.11 Å². The van der Waals surface area contributed by atoms with Gasteiger partial charge in [-0.2, -0.15) is 0 Å². The Hall–Kier alpha value is -1.42. The zero-order valence-corrected chi connectivity index (χ0v) is 10.2. The topological polar surface area (TPSA) is 41.9 Å². The summed E-state index contributed by atoms with van der Waals surface area (Å²) in [6.45, 7) is 0.324. The fourth-order valence-electron chi connectivity index (χ4n) is 3.62. The monoisotopic (exact) mass is 247 g/mol. The van der Waals surface area contributed by atoms with Crippen molar-refractivity contribution in [2.24, 2.45) is 0 Å². The summed E-state index contributed by atoms with van der Waals surface area (Å²) in [7, 11) is 0. The molecule has 2 fully saturated rings. The Balaban J connectivity index is 1.67. The molecule has 2 saturated heterocycles. The Morgan fingerprint density at radius 2 is 1.78 bits per heavy atom. The molecule has 0 saturated carbocycles. The first-order chi connectivity index (χ1) is 8.81. The molecule has 1 N–H and O–H groups in total. The van der Waals surface area contributed by atoms with E-state index < -0.39 is 0 Å². The van der Waals surface area contributed by atoms with Crippen molar-refractivity contribution >= 4 is 5.69 Å². The number of rotatable bonds is 1. The lowest BCUT2D eigenvalue weighted by atomic mass is 9.99. The molecule has 0 aromatic heterocycles. The fourth-order valence-corrected chi connectivity index (χ4v) is 3.62. The first-order valence-corrected chi connectivity index (χ1v) is 6.67. The van der Waals surface area contributed by atoms with E-state index in [1.165, 1.54) is 18.5 Å². The molecular formula is C14H17NO3. The molecule has 2 unspecified atom stereocenters. The van der Waals surface area contributed by atoms with Gasteiger partial charge in [-0.25, -0.2) is 0 Å². The molecule has 4 heteroatoms. The molecule has 1 aromatic rings. The largest absolute Gasteiger partial charge is 0.454 e. The van der Waals surface area contributed by atoms with E-state index in [1.54, 1.807) is 0 Å². The van der Waals surface area contributed by atoms with Crippen molar-refractivity contribution in [2.75, 3.05) is 11.7 Å². The molecule has 18 heavy (non-hydrogen) atoms. The Bertz CT molecular complexity index is 462. The Labute approximate surface area is 106 Å². The minimum Gasteiger partial charge on any atom is -0.454 e. The average Bonchev–Trinajstić information content (AvgIpc) is 2.91. The van der Waals surface area contributed by atoms with Gasteiger partial charge in [-0.1, -0.05) is 0 Å². The number of hydrogen-bond acceptors (Lipinski definition) is 4. The van der Waals surface area contributed by atoms with Crippen molar-refractivity contribution in [1.29, 1.82) is 0 Å². The molecule has 0 spiro atoms. The van der Waals surface area contributed by atoms with Gasteiger partial charge in [0.25, 0.3) is 0 Å². The third-order valence-electron chi connectivity index (χ3n) is 4.36. The van der Waals surface area contributed by atoms with Gasteiger partial charge in [0.15, 0.2) is 11.5 Å². The van der Waals surface area contributed by atoms with Crippen LogP contribution in [0, 0.1) is 0 Å². The summed E-state index contributed by atoms with van der Waals surface area (Å²) in [5.74, 6) is 1.68. The van der Waals surface area contributed by atoms with Gasteiger partial charge >= 0.3 is 0 Å². The number of aliphatic hydroxyl groups excluding tert-OH is 1. The van der Waals surface area contributed by atoms with Gasteiger partial charge in [-0.3, -0.25) is 0 Å². The van der Waals surface area contributed by atoms with Crippen LogP contribution in [0.25, 0.3) is 0 Å². The van der Waals surface area contributed by atoms with Gasteiger partial charge in [-0.15, -0.1) is 0 Å². The molecule has 4 nitrogen and oxygen atoms in total. The van der Waals surface area contributed by atoms with Crippen molar-refractivity contribution in [3.8, 4) is 11.5 Å². The maximum atomic E-state index is 9.84. The summed E-state index contributed by atoms with van der Waals surface area (Å²) in [5, 5.41) is 9.84. The summed E-state index contributed by atoms with van der Waals surface area (Å²) < 4.78 is 10.8. The molecule has 0 aliphatic carbocycles. The minimum atomic E-state index is -0.118. The SMILES string of the molecule is OC1CC2CCC(C1)N2c1ccc2c(c1)OCO2. The lowest BCUT2D eigenvalue weighted by Crippen LogP contribution is -2.44. The number of fused-ring (bicyclic) bond motifs is 3. The van der Waals surface area contributed by atoms with Crippen molar-refractivity contribution < 1.29 is 14.6 Å². The number of anilines is 1. The van der Waals surface area contributed by atoms with Gasteiger partial charge in [0.2, 0.25) is 6.79 Å². The molecular weight excluding hydrogens is 230 g/mol. The Morgan fingerprint density at radius 1 is 1.06 bits per heavy atom. The van der Waals surface area contributed by atoms with Crippen molar-refractivity contribution in [3.63, 3.8) is 0 Å². The second-order valence-corrected chi connectivity index (χ2v) is 5.46. The number of benzene rings is 1. The maximum Gasteiger partial charge on any atom is 0.231 e. The Morgan fingerprint density at radius 3 is 2.56 bits per heavy atom. The second kappa shape index (κ2) is 3.79. The lowest BCUT2D eigenvalue weighted by molar-refractivity contribution is 0.126. The van der Waals surface area contributed by atoms with Gasteiger partial charge < -0.3 is 19.5 Å². The van der Waals surface area contributed by atoms with Crippen LogP contribution in [0.15, 0.2) is 18.2 Å². The molecule has 96 valence electrons. The molecule has 2 atom stereocenters. The molecule has 0 radical (unpaired) electrons. The summed E-state index contributed by atoms with van der Waals surface area (Å²) >= 11 is 0. The zero-order valence-electron chi connectivity index (χ0n) is 10.2. The van der Waals surface area contributed by atoms with Crippen LogP contribution in [0.1, 0.15) is 25.7 Å². The number of ether oxygens (including phenoxy) is 2. The normalized spacial score (nSPS) is 32.9. The molecule has 1 aromatic carbocycles. The highest BCUT2D eigenvalue weighted by Crippen LogP contribution is 2.42. The van der Waals surface area contributed by atoms with Gasteiger partial charge in [0.05, 0.1) is 6.10 Å². The number of piperidine rings is 1. The van der Waals surface area contributed by atoms with Crippen LogP contribution < -0.4 is 14.4 Å². The van der Waals surface area contributed by atoms with Gasteiger partial charge in [0.1, 0.15) is 0 Å². The molecule has 0 amide bonds. The van der Waals surface area contributed by atoms with Gasteiger partial charge in [-0.05, 0) is 37.8 Å². The molecule has 3 aliphatic rings. The minimum absolute atomic E-state index is 0.118. The smallest absolute Gasteiger partial charge is 0.231 e. The first kappa shape index (κ1) is 10.5. The van der Waals surface area contributed by atoms with Crippen LogP contribution in [0.5, 0.6) is 11.5 Å². The van der Waals surface area contributed by atoms with Crippen molar-refractivity contribution in [1.82, 2.24) is 0 Å². The highest BCUT2D eigenvalue weighted by molar-refractivity contribution is 5.59.